The molecule has 1 saturated carbocycles. The summed E-state index contributed by atoms with van der Waals surface area (Å²) in [5.74, 6) is -0.318. The lowest BCUT2D eigenvalue weighted by molar-refractivity contribution is -0.200. The third-order valence-electron chi connectivity index (χ3n) is 3.92. The van der Waals surface area contributed by atoms with Crippen molar-refractivity contribution in [2.45, 2.75) is 50.7 Å². The van der Waals surface area contributed by atoms with Crippen molar-refractivity contribution in [3.63, 3.8) is 0 Å². The van der Waals surface area contributed by atoms with Gasteiger partial charge >= 0.3 is 6.21 Å². The van der Waals surface area contributed by atoms with E-state index in [9.17, 15) is 4.79 Å². The summed E-state index contributed by atoms with van der Waals surface area (Å²) in [5.41, 5.74) is 8.32. The van der Waals surface area contributed by atoms with Crippen molar-refractivity contribution in [3.8, 4) is 0 Å². The summed E-state index contributed by atoms with van der Waals surface area (Å²) >= 11 is 0. The fourth-order valence-corrected chi connectivity index (χ4v) is 3.02. The van der Waals surface area contributed by atoms with E-state index >= 15 is 0 Å². The molecule has 1 unspecified atom stereocenters. The molecule has 100 valence electrons. The molecule has 1 spiro atoms. The number of ketones is 1. The topological polar surface area (TPSA) is 71.9 Å². The molecule has 5 heteroatoms. The average molecular weight is 252 g/mol. The van der Waals surface area contributed by atoms with Crippen molar-refractivity contribution >= 4 is 12.0 Å². The summed E-state index contributed by atoms with van der Waals surface area (Å²) in [6.07, 6.45) is 7.58. The molecule has 0 radical (unpaired) electrons. The van der Waals surface area contributed by atoms with Crippen molar-refractivity contribution in [1.82, 2.24) is 0 Å². The van der Waals surface area contributed by atoms with E-state index < -0.39 is 5.79 Å². The van der Waals surface area contributed by atoms with Crippen molar-refractivity contribution in [1.29, 1.82) is 0 Å². The molecule has 0 aromatic heterocycles. The molecule has 0 bridgehead atoms. The Balaban J connectivity index is 1.98. The maximum Gasteiger partial charge on any atom is 0.323 e. The number of Topliss-reactive ketones (excluding diaryl/α,β-unsaturated/α-hetero) is 1. The average Bonchev–Trinajstić information content (AvgIpc) is 2.72. The van der Waals surface area contributed by atoms with Gasteiger partial charge in [-0.2, -0.15) is 4.79 Å². The van der Waals surface area contributed by atoms with Crippen LogP contribution in [0, 0.1) is 5.92 Å². The van der Waals surface area contributed by atoms with E-state index in [0.29, 0.717) is 19.6 Å². The highest BCUT2D eigenvalue weighted by Gasteiger charge is 2.44. The molecule has 1 saturated heterocycles. The van der Waals surface area contributed by atoms with Crippen LogP contribution < -0.4 is 0 Å². The minimum Gasteiger partial charge on any atom is -0.361 e. The Labute approximate surface area is 107 Å². The normalized spacial score (nSPS) is 26.6. The fraction of sp³-hybridized carbons (Fsp3) is 0.846. The van der Waals surface area contributed by atoms with E-state index in [4.69, 9.17) is 15.0 Å². The number of hydrogen-bond donors (Lipinski definition) is 0. The van der Waals surface area contributed by atoms with E-state index in [1.807, 2.05) is 0 Å². The second-order valence-corrected chi connectivity index (χ2v) is 5.05. The highest BCUT2D eigenvalue weighted by Crippen LogP contribution is 2.41. The third-order valence-corrected chi connectivity index (χ3v) is 3.92. The van der Waals surface area contributed by atoms with Crippen LogP contribution in [0.5, 0.6) is 0 Å². The molecule has 0 aromatic rings. The van der Waals surface area contributed by atoms with Gasteiger partial charge in [-0.15, -0.1) is 0 Å². The van der Waals surface area contributed by atoms with Crippen LogP contribution in [0.2, 0.25) is 0 Å². The fourth-order valence-electron chi connectivity index (χ4n) is 3.02. The predicted octanol–water partition coefficient (Wildman–Crippen LogP) is 1.96. The smallest absolute Gasteiger partial charge is 0.323 e. The molecule has 1 aliphatic carbocycles. The van der Waals surface area contributed by atoms with Crippen molar-refractivity contribution in [2.24, 2.45) is 5.92 Å². The molecule has 1 heterocycles. The first-order valence-electron chi connectivity index (χ1n) is 6.75. The van der Waals surface area contributed by atoms with Gasteiger partial charge < -0.3 is 15.0 Å². The number of carbonyl (C=O) groups excluding carboxylic acids is 1. The summed E-state index contributed by atoms with van der Waals surface area (Å²) in [7, 11) is 0. The Bertz CT molecular complexity index is 344. The molecule has 2 fully saturated rings. The molecule has 0 aromatic carbocycles. The monoisotopic (exact) mass is 252 g/mol. The van der Waals surface area contributed by atoms with Crippen LogP contribution in [0.3, 0.4) is 0 Å². The second-order valence-electron chi connectivity index (χ2n) is 5.05. The molecule has 1 aliphatic heterocycles. The van der Waals surface area contributed by atoms with E-state index in [1.165, 1.54) is 12.8 Å². The molecule has 2 rings (SSSR count). The molecular weight excluding hydrogens is 232 g/mol. The number of rotatable bonds is 4. The van der Waals surface area contributed by atoms with Gasteiger partial charge in [0.25, 0.3) is 0 Å². The quantitative estimate of drug-likeness (QED) is 0.436. The SMILES string of the molecule is [N-]=[N+]=CC(=O)CCC1CCCCCC12OCCO2. The summed E-state index contributed by atoms with van der Waals surface area (Å²) in [5, 5.41) is 0. The Morgan fingerprint density at radius 2 is 2.11 bits per heavy atom. The molecule has 2 aliphatic rings. The van der Waals surface area contributed by atoms with Crippen LogP contribution in [-0.4, -0.2) is 35.8 Å². The van der Waals surface area contributed by atoms with Crippen LogP contribution >= 0.6 is 0 Å². The summed E-state index contributed by atoms with van der Waals surface area (Å²) in [6.45, 7) is 1.31. The standard InChI is InChI=1S/C13H20N2O3/c14-15-10-12(16)6-5-11-4-2-1-3-7-13(11)17-8-9-18-13/h10-11H,1-9H2. The zero-order valence-corrected chi connectivity index (χ0v) is 10.6. The van der Waals surface area contributed by atoms with Gasteiger partial charge in [0.2, 0.25) is 5.78 Å². The number of nitrogens with zero attached hydrogens (tertiary/aromatic N) is 2. The lowest BCUT2D eigenvalue weighted by atomic mass is 9.88. The second kappa shape index (κ2) is 6.23. The minimum absolute atomic E-state index is 0.144. The molecule has 1 atom stereocenters. The zero-order chi connectivity index (χ0) is 12.8. The van der Waals surface area contributed by atoms with Crippen molar-refractivity contribution in [3.05, 3.63) is 5.53 Å². The summed E-state index contributed by atoms with van der Waals surface area (Å²) in [4.78, 5) is 14.2. The molecular formula is C13H20N2O3. The van der Waals surface area contributed by atoms with E-state index in [2.05, 4.69) is 4.79 Å². The maximum absolute atomic E-state index is 11.4. The molecule has 5 nitrogen and oxygen atoms in total. The largest absolute Gasteiger partial charge is 0.361 e. The van der Waals surface area contributed by atoms with Crippen LogP contribution in [0.1, 0.15) is 44.9 Å². The molecule has 0 N–H and O–H groups in total. The Hall–Kier alpha value is -1.03. The van der Waals surface area contributed by atoms with E-state index in [0.717, 1.165) is 31.9 Å². The number of ether oxygens (including phenoxy) is 2. The van der Waals surface area contributed by atoms with Gasteiger partial charge in [-0.3, -0.25) is 4.79 Å². The van der Waals surface area contributed by atoms with Gasteiger partial charge in [0, 0.05) is 18.8 Å². The Morgan fingerprint density at radius 1 is 1.33 bits per heavy atom. The summed E-state index contributed by atoms with van der Waals surface area (Å²) < 4.78 is 11.7. The highest BCUT2D eigenvalue weighted by atomic mass is 16.7. The number of hydrogen-bond acceptors (Lipinski definition) is 3. The number of carbonyl (C=O) groups is 1. The maximum atomic E-state index is 11.4. The van der Waals surface area contributed by atoms with Crippen molar-refractivity contribution < 1.29 is 19.1 Å². The van der Waals surface area contributed by atoms with Crippen molar-refractivity contribution in [2.75, 3.05) is 13.2 Å². The van der Waals surface area contributed by atoms with Gasteiger partial charge in [0.1, 0.15) is 0 Å². The Kier molecular flexibility index (Phi) is 4.64. The first-order chi connectivity index (χ1) is 8.77. The van der Waals surface area contributed by atoms with Gasteiger partial charge in [0.15, 0.2) is 5.79 Å². The van der Waals surface area contributed by atoms with E-state index in [1.54, 1.807) is 0 Å². The van der Waals surface area contributed by atoms with Gasteiger partial charge in [-0.1, -0.05) is 12.8 Å². The zero-order valence-electron chi connectivity index (χ0n) is 10.6. The van der Waals surface area contributed by atoms with Crippen LogP contribution in [0.4, 0.5) is 0 Å². The lowest BCUT2D eigenvalue weighted by Gasteiger charge is -2.34. The van der Waals surface area contributed by atoms with Crippen LogP contribution in [0.25, 0.3) is 5.53 Å². The van der Waals surface area contributed by atoms with E-state index in [-0.39, 0.29) is 11.7 Å². The molecule has 18 heavy (non-hydrogen) atoms. The van der Waals surface area contributed by atoms with Gasteiger partial charge in [-0.25, -0.2) is 0 Å². The van der Waals surface area contributed by atoms with Gasteiger partial charge in [-0.05, 0) is 19.3 Å². The van der Waals surface area contributed by atoms with Crippen LogP contribution in [-0.2, 0) is 14.3 Å². The first kappa shape index (κ1) is 13.4. The lowest BCUT2D eigenvalue weighted by Crippen LogP contribution is -2.38. The van der Waals surface area contributed by atoms with Crippen LogP contribution in [0.15, 0.2) is 0 Å². The third kappa shape index (κ3) is 3.05. The van der Waals surface area contributed by atoms with Gasteiger partial charge in [0.05, 0.1) is 13.2 Å². The minimum atomic E-state index is -0.451. The Morgan fingerprint density at radius 3 is 2.83 bits per heavy atom. The first-order valence-corrected chi connectivity index (χ1v) is 6.75. The highest BCUT2D eigenvalue weighted by molar-refractivity contribution is 6.25. The predicted molar refractivity (Wildman–Crippen MR) is 65.1 cm³/mol. The summed E-state index contributed by atoms with van der Waals surface area (Å²) in [6, 6.07) is 0. The molecule has 0 amide bonds.